The summed E-state index contributed by atoms with van der Waals surface area (Å²) in [6.45, 7) is 1.69. The number of rotatable bonds is 4. The Labute approximate surface area is 116 Å². The highest BCUT2D eigenvalue weighted by atomic mass is 16.4. The third kappa shape index (κ3) is 2.75. The molecule has 0 saturated carbocycles. The van der Waals surface area contributed by atoms with Crippen LogP contribution in [0.15, 0.2) is 48.5 Å². The molecule has 3 N–H and O–H groups in total. The summed E-state index contributed by atoms with van der Waals surface area (Å²) in [6.07, 6.45) is 0. The summed E-state index contributed by atoms with van der Waals surface area (Å²) >= 11 is 0. The van der Waals surface area contributed by atoms with Gasteiger partial charge in [0.05, 0.1) is 5.56 Å². The number of carboxylic acid groups (broad SMARTS) is 1. The van der Waals surface area contributed by atoms with Gasteiger partial charge < -0.3 is 10.8 Å². The van der Waals surface area contributed by atoms with Crippen molar-refractivity contribution in [1.29, 1.82) is 0 Å². The zero-order chi connectivity index (χ0) is 14.7. The summed E-state index contributed by atoms with van der Waals surface area (Å²) in [5.41, 5.74) is 7.37. The molecule has 0 heterocycles. The van der Waals surface area contributed by atoms with Crippen molar-refractivity contribution in [3.05, 3.63) is 70.8 Å². The molecule has 0 fully saturated rings. The van der Waals surface area contributed by atoms with Gasteiger partial charge in [-0.15, -0.1) is 0 Å². The van der Waals surface area contributed by atoms with Gasteiger partial charge in [0.2, 0.25) is 0 Å². The highest BCUT2D eigenvalue weighted by molar-refractivity contribution is 6.09. The first-order chi connectivity index (χ1) is 9.50. The van der Waals surface area contributed by atoms with Crippen LogP contribution in [0.3, 0.4) is 0 Å². The smallest absolute Gasteiger partial charge is 0.336 e. The van der Waals surface area contributed by atoms with Crippen LogP contribution in [0.25, 0.3) is 0 Å². The number of carbonyl (C=O) groups is 2. The van der Waals surface area contributed by atoms with Gasteiger partial charge in [0.1, 0.15) is 0 Å². The third-order valence-corrected chi connectivity index (χ3v) is 3.07. The summed E-state index contributed by atoms with van der Waals surface area (Å²) in [5, 5.41) is 9.12. The largest absolute Gasteiger partial charge is 0.478 e. The fourth-order valence-corrected chi connectivity index (χ4v) is 2.03. The van der Waals surface area contributed by atoms with Crippen LogP contribution in [-0.4, -0.2) is 16.9 Å². The molecule has 1 atom stereocenters. The second kappa shape index (κ2) is 5.67. The molecular weight excluding hydrogens is 254 g/mol. The van der Waals surface area contributed by atoms with Crippen molar-refractivity contribution in [2.45, 2.75) is 13.0 Å². The van der Waals surface area contributed by atoms with Gasteiger partial charge in [-0.2, -0.15) is 0 Å². The first-order valence-corrected chi connectivity index (χ1v) is 6.23. The molecule has 4 nitrogen and oxygen atoms in total. The van der Waals surface area contributed by atoms with Crippen molar-refractivity contribution in [1.82, 2.24) is 0 Å². The maximum Gasteiger partial charge on any atom is 0.336 e. The minimum atomic E-state index is -1.05. The number of nitrogens with two attached hydrogens (primary N) is 1. The number of aromatic carboxylic acids is 1. The van der Waals surface area contributed by atoms with E-state index in [-0.39, 0.29) is 11.3 Å². The standard InChI is InChI=1S/C16H15NO3/c1-10(17)14-9-12(7-8-13(14)16(19)20)15(18)11-5-3-2-4-6-11/h2-10H,17H2,1H3,(H,19,20). The van der Waals surface area contributed by atoms with E-state index in [9.17, 15) is 9.59 Å². The molecule has 2 aromatic rings. The van der Waals surface area contributed by atoms with Gasteiger partial charge in [0.15, 0.2) is 5.78 Å². The SMILES string of the molecule is CC(N)c1cc(C(=O)c2ccccc2)ccc1C(=O)O. The molecule has 2 aromatic carbocycles. The van der Waals surface area contributed by atoms with Crippen molar-refractivity contribution in [2.24, 2.45) is 5.73 Å². The molecule has 0 aliphatic heterocycles. The van der Waals surface area contributed by atoms with Gasteiger partial charge >= 0.3 is 5.97 Å². The van der Waals surface area contributed by atoms with E-state index in [0.29, 0.717) is 16.7 Å². The minimum absolute atomic E-state index is 0.129. The molecule has 0 aliphatic carbocycles. The van der Waals surface area contributed by atoms with Crippen LogP contribution >= 0.6 is 0 Å². The van der Waals surface area contributed by atoms with Crippen molar-refractivity contribution >= 4 is 11.8 Å². The summed E-state index contributed by atoms with van der Waals surface area (Å²) in [5.74, 6) is -1.19. The fourth-order valence-electron chi connectivity index (χ4n) is 2.03. The predicted octanol–water partition coefficient (Wildman–Crippen LogP) is 2.64. The van der Waals surface area contributed by atoms with Crippen molar-refractivity contribution in [3.8, 4) is 0 Å². The highest BCUT2D eigenvalue weighted by Crippen LogP contribution is 2.20. The van der Waals surface area contributed by atoms with Gasteiger partial charge in [0.25, 0.3) is 0 Å². The average molecular weight is 269 g/mol. The van der Waals surface area contributed by atoms with Crippen molar-refractivity contribution in [3.63, 3.8) is 0 Å². The van der Waals surface area contributed by atoms with Gasteiger partial charge in [-0.05, 0) is 24.6 Å². The monoisotopic (exact) mass is 269 g/mol. The number of hydrogen-bond donors (Lipinski definition) is 2. The molecule has 0 aliphatic rings. The van der Waals surface area contributed by atoms with Crippen LogP contribution in [0.1, 0.15) is 44.8 Å². The van der Waals surface area contributed by atoms with Crippen molar-refractivity contribution < 1.29 is 14.7 Å². The second-order valence-corrected chi connectivity index (χ2v) is 4.59. The molecular formula is C16H15NO3. The number of benzene rings is 2. The van der Waals surface area contributed by atoms with E-state index in [4.69, 9.17) is 10.8 Å². The van der Waals surface area contributed by atoms with Gasteiger partial charge in [-0.1, -0.05) is 36.4 Å². The molecule has 20 heavy (non-hydrogen) atoms. The zero-order valence-electron chi connectivity index (χ0n) is 11.0. The molecule has 0 bridgehead atoms. The number of carboxylic acids is 1. The van der Waals surface area contributed by atoms with E-state index in [1.807, 2.05) is 6.07 Å². The van der Waals surface area contributed by atoms with Gasteiger partial charge in [-0.25, -0.2) is 4.79 Å². The maximum absolute atomic E-state index is 12.3. The van der Waals surface area contributed by atoms with Gasteiger partial charge in [-0.3, -0.25) is 4.79 Å². The number of hydrogen-bond acceptors (Lipinski definition) is 3. The Morgan fingerprint density at radius 2 is 1.70 bits per heavy atom. The van der Waals surface area contributed by atoms with Crippen LogP contribution in [0, 0.1) is 0 Å². The van der Waals surface area contributed by atoms with E-state index < -0.39 is 12.0 Å². The molecule has 102 valence electrons. The number of ketones is 1. The molecule has 1 unspecified atom stereocenters. The Morgan fingerprint density at radius 3 is 2.25 bits per heavy atom. The number of carbonyl (C=O) groups excluding carboxylic acids is 1. The van der Waals surface area contributed by atoms with Crippen LogP contribution in [0.2, 0.25) is 0 Å². The van der Waals surface area contributed by atoms with Crippen molar-refractivity contribution in [2.75, 3.05) is 0 Å². The molecule has 0 radical (unpaired) electrons. The minimum Gasteiger partial charge on any atom is -0.478 e. The Balaban J connectivity index is 2.47. The quantitative estimate of drug-likeness (QED) is 0.836. The summed E-state index contributed by atoms with van der Waals surface area (Å²) in [7, 11) is 0. The topological polar surface area (TPSA) is 80.4 Å². The molecule has 0 saturated heterocycles. The Kier molecular flexibility index (Phi) is 3.96. The van der Waals surface area contributed by atoms with E-state index in [1.165, 1.54) is 12.1 Å². The summed E-state index contributed by atoms with van der Waals surface area (Å²) in [6, 6.07) is 12.9. The lowest BCUT2D eigenvalue weighted by Crippen LogP contribution is -2.13. The predicted molar refractivity (Wildman–Crippen MR) is 75.9 cm³/mol. The van der Waals surface area contributed by atoms with Crippen LogP contribution in [0.4, 0.5) is 0 Å². The molecule has 0 amide bonds. The zero-order valence-corrected chi connectivity index (χ0v) is 11.0. The van der Waals surface area contributed by atoms with Crippen LogP contribution in [-0.2, 0) is 0 Å². The molecule has 2 rings (SSSR count). The maximum atomic E-state index is 12.3. The average Bonchev–Trinajstić information content (AvgIpc) is 2.46. The van der Waals surface area contributed by atoms with Gasteiger partial charge in [0, 0.05) is 17.2 Å². The lowest BCUT2D eigenvalue weighted by Gasteiger charge is -2.11. The summed E-state index contributed by atoms with van der Waals surface area (Å²) in [4.78, 5) is 23.5. The lowest BCUT2D eigenvalue weighted by molar-refractivity contribution is 0.0694. The van der Waals surface area contributed by atoms with Crippen LogP contribution in [0.5, 0.6) is 0 Å². The molecule has 0 aromatic heterocycles. The summed E-state index contributed by atoms with van der Waals surface area (Å²) < 4.78 is 0. The van der Waals surface area contributed by atoms with E-state index in [2.05, 4.69) is 0 Å². The second-order valence-electron chi connectivity index (χ2n) is 4.59. The molecule has 0 spiro atoms. The Hall–Kier alpha value is -2.46. The van der Waals surface area contributed by atoms with Crippen LogP contribution < -0.4 is 5.73 Å². The van der Waals surface area contributed by atoms with E-state index >= 15 is 0 Å². The first-order valence-electron chi connectivity index (χ1n) is 6.23. The van der Waals surface area contributed by atoms with E-state index in [1.54, 1.807) is 37.3 Å². The Bertz CT molecular complexity index is 648. The highest BCUT2D eigenvalue weighted by Gasteiger charge is 2.16. The fraction of sp³-hybridized carbons (Fsp3) is 0.125. The third-order valence-electron chi connectivity index (χ3n) is 3.07. The van der Waals surface area contributed by atoms with E-state index in [0.717, 1.165) is 0 Å². The first kappa shape index (κ1) is 14.0. The molecule has 4 heteroatoms. The normalized spacial score (nSPS) is 11.9. The lowest BCUT2D eigenvalue weighted by atomic mass is 9.95. The Morgan fingerprint density at radius 1 is 1.05 bits per heavy atom.